The molecule has 0 aliphatic carbocycles. The highest BCUT2D eigenvalue weighted by Gasteiger charge is 2.19. The summed E-state index contributed by atoms with van der Waals surface area (Å²) < 4.78 is 4.79. The van der Waals surface area contributed by atoms with Crippen molar-refractivity contribution in [2.24, 2.45) is 0 Å². The predicted molar refractivity (Wildman–Crippen MR) is 61.7 cm³/mol. The molecule has 0 unspecified atom stereocenters. The highest BCUT2D eigenvalue weighted by molar-refractivity contribution is 6.06. The number of hydrogen-bond acceptors (Lipinski definition) is 4. The zero-order valence-electron chi connectivity index (χ0n) is 9.77. The SMILES string of the molecule is Cc1cc(C(=O)Nc2c[nH]c(C)c2C(=O)O)on1. The molecule has 0 fully saturated rings. The van der Waals surface area contributed by atoms with Gasteiger partial charge in [-0.2, -0.15) is 0 Å². The van der Waals surface area contributed by atoms with E-state index in [1.807, 2.05) is 0 Å². The van der Waals surface area contributed by atoms with Crippen LogP contribution in [0.3, 0.4) is 0 Å². The van der Waals surface area contributed by atoms with Crippen LogP contribution >= 0.6 is 0 Å². The van der Waals surface area contributed by atoms with Gasteiger partial charge in [-0.25, -0.2) is 4.79 Å². The molecule has 0 aliphatic heterocycles. The predicted octanol–water partition coefficient (Wildman–Crippen LogP) is 1.57. The van der Waals surface area contributed by atoms with E-state index in [9.17, 15) is 9.59 Å². The van der Waals surface area contributed by atoms with Crippen molar-refractivity contribution in [3.63, 3.8) is 0 Å². The molecule has 2 rings (SSSR count). The van der Waals surface area contributed by atoms with Gasteiger partial charge in [-0.1, -0.05) is 5.16 Å². The van der Waals surface area contributed by atoms with Crippen LogP contribution in [0.4, 0.5) is 5.69 Å². The van der Waals surface area contributed by atoms with Crippen molar-refractivity contribution in [1.82, 2.24) is 10.1 Å². The molecule has 0 saturated heterocycles. The molecule has 2 aromatic rings. The minimum atomic E-state index is -1.11. The Morgan fingerprint density at radius 1 is 1.44 bits per heavy atom. The van der Waals surface area contributed by atoms with Crippen molar-refractivity contribution < 1.29 is 19.2 Å². The summed E-state index contributed by atoms with van der Waals surface area (Å²) in [6.45, 7) is 3.29. The first-order valence-electron chi connectivity index (χ1n) is 5.15. The first-order chi connectivity index (χ1) is 8.49. The standard InChI is InChI=1S/C11H11N3O4/c1-5-3-8(18-14-5)10(15)13-7-4-12-6(2)9(7)11(16)17/h3-4,12H,1-2H3,(H,13,15)(H,16,17). The van der Waals surface area contributed by atoms with E-state index in [-0.39, 0.29) is 17.0 Å². The second kappa shape index (κ2) is 4.36. The van der Waals surface area contributed by atoms with E-state index in [0.717, 1.165) is 0 Å². The number of nitrogens with one attached hydrogen (secondary N) is 2. The summed E-state index contributed by atoms with van der Waals surface area (Å²) >= 11 is 0. The summed E-state index contributed by atoms with van der Waals surface area (Å²) in [4.78, 5) is 25.5. The number of carbonyl (C=O) groups is 2. The lowest BCUT2D eigenvalue weighted by molar-refractivity contribution is 0.0697. The van der Waals surface area contributed by atoms with E-state index in [2.05, 4.69) is 15.5 Å². The Morgan fingerprint density at radius 3 is 2.72 bits per heavy atom. The maximum Gasteiger partial charge on any atom is 0.339 e. The third-order valence-electron chi connectivity index (χ3n) is 2.39. The molecule has 0 bridgehead atoms. The highest BCUT2D eigenvalue weighted by Crippen LogP contribution is 2.20. The fourth-order valence-corrected chi connectivity index (χ4v) is 1.56. The normalized spacial score (nSPS) is 10.3. The lowest BCUT2D eigenvalue weighted by Crippen LogP contribution is -2.13. The fraction of sp³-hybridized carbons (Fsp3) is 0.182. The average Bonchev–Trinajstić information content (AvgIpc) is 2.85. The van der Waals surface area contributed by atoms with Crippen LogP contribution in [-0.2, 0) is 0 Å². The van der Waals surface area contributed by atoms with Gasteiger partial charge < -0.3 is 19.9 Å². The molecular weight excluding hydrogens is 238 g/mol. The number of carboxylic acids is 1. The number of anilines is 1. The number of amides is 1. The molecule has 2 aromatic heterocycles. The van der Waals surface area contributed by atoms with E-state index in [0.29, 0.717) is 11.4 Å². The Kier molecular flexibility index (Phi) is 2.88. The van der Waals surface area contributed by atoms with Crippen LogP contribution in [0.15, 0.2) is 16.8 Å². The van der Waals surface area contributed by atoms with Gasteiger partial charge in [0.2, 0.25) is 5.76 Å². The summed E-state index contributed by atoms with van der Waals surface area (Å²) in [5, 5.41) is 15.1. The minimum absolute atomic E-state index is 0.0274. The average molecular weight is 249 g/mol. The Labute approximate surface area is 102 Å². The van der Waals surface area contributed by atoms with Crippen molar-refractivity contribution in [3.8, 4) is 0 Å². The maximum absolute atomic E-state index is 11.8. The number of H-pyrrole nitrogens is 1. The number of hydrogen-bond donors (Lipinski definition) is 3. The second-order valence-electron chi connectivity index (χ2n) is 3.79. The zero-order valence-corrected chi connectivity index (χ0v) is 9.77. The van der Waals surface area contributed by atoms with Gasteiger partial charge >= 0.3 is 5.97 Å². The summed E-state index contributed by atoms with van der Waals surface area (Å²) in [7, 11) is 0. The Bertz CT molecular complexity index is 612. The van der Waals surface area contributed by atoms with Crippen molar-refractivity contribution >= 4 is 17.6 Å². The second-order valence-corrected chi connectivity index (χ2v) is 3.79. The number of aryl methyl sites for hydroxylation is 2. The molecule has 3 N–H and O–H groups in total. The van der Waals surface area contributed by atoms with Gasteiger partial charge in [0.1, 0.15) is 5.56 Å². The summed E-state index contributed by atoms with van der Waals surface area (Å²) in [6.07, 6.45) is 1.42. The Balaban J connectivity index is 2.25. The van der Waals surface area contributed by atoms with Crippen LogP contribution < -0.4 is 5.32 Å². The van der Waals surface area contributed by atoms with Crippen molar-refractivity contribution in [3.05, 3.63) is 35.0 Å². The zero-order chi connectivity index (χ0) is 13.3. The third-order valence-corrected chi connectivity index (χ3v) is 2.39. The number of aromatic nitrogens is 2. The smallest absolute Gasteiger partial charge is 0.339 e. The molecule has 0 aromatic carbocycles. The molecule has 7 heteroatoms. The quantitative estimate of drug-likeness (QED) is 0.765. The van der Waals surface area contributed by atoms with Crippen LogP contribution in [0, 0.1) is 13.8 Å². The molecule has 0 aliphatic rings. The molecule has 7 nitrogen and oxygen atoms in total. The monoisotopic (exact) mass is 249 g/mol. The van der Waals surface area contributed by atoms with Crippen molar-refractivity contribution in [1.29, 1.82) is 0 Å². The van der Waals surface area contributed by atoms with Crippen molar-refractivity contribution in [2.75, 3.05) is 5.32 Å². The lowest BCUT2D eigenvalue weighted by atomic mass is 10.2. The Morgan fingerprint density at radius 2 is 2.17 bits per heavy atom. The molecule has 0 atom stereocenters. The number of aromatic carboxylic acids is 1. The maximum atomic E-state index is 11.8. The van der Waals surface area contributed by atoms with Crippen LogP contribution in [-0.4, -0.2) is 27.1 Å². The van der Waals surface area contributed by atoms with E-state index in [1.54, 1.807) is 13.8 Å². The largest absolute Gasteiger partial charge is 0.478 e. The van der Waals surface area contributed by atoms with Crippen LogP contribution in [0.2, 0.25) is 0 Å². The number of aromatic amines is 1. The minimum Gasteiger partial charge on any atom is -0.478 e. The topological polar surface area (TPSA) is 108 Å². The Hall–Kier alpha value is -2.57. The van der Waals surface area contributed by atoms with E-state index in [4.69, 9.17) is 9.63 Å². The molecule has 94 valence electrons. The van der Waals surface area contributed by atoms with E-state index < -0.39 is 11.9 Å². The van der Waals surface area contributed by atoms with Gasteiger partial charge in [-0.15, -0.1) is 0 Å². The van der Waals surface area contributed by atoms with E-state index in [1.165, 1.54) is 12.3 Å². The number of carboxylic acid groups (broad SMARTS) is 1. The van der Waals surface area contributed by atoms with Crippen LogP contribution in [0.1, 0.15) is 32.3 Å². The molecule has 2 heterocycles. The van der Waals surface area contributed by atoms with Gasteiger partial charge in [-0.05, 0) is 13.8 Å². The first kappa shape index (κ1) is 11.9. The fourth-order valence-electron chi connectivity index (χ4n) is 1.56. The molecule has 1 amide bonds. The van der Waals surface area contributed by atoms with Gasteiger partial charge in [0, 0.05) is 18.0 Å². The molecule has 0 saturated carbocycles. The van der Waals surface area contributed by atoms with Gasteiger partial charge in [0.25, 0.3) is 5.91 Å². The summed E-state index contributed by atoms with van der Waals surface area (Å²) in [5.74, 6) is -1.63. The van der Waals surface area contributed by atoms with Crippen LogP contribution in [0.25, 0.3) is 0 Å². The first-order valence-corrected chi connectivity index (χ1v) is 5.15. The van der Waals surface area contributed by atoms with Gasteiger partial charge in [-0.3, -0.25) is 4.79 Å². The van der Waals surface area contributed by atoms with Gasteiger partial charge in [0.05, 0.1) is 11.4 Å². The molecule has 0 spiro atoms. The summed E-state index contributed by atoms with van der Waals surface area (Å²) in [6, 6.07) is 1.47. The number of rotatable bonds is 3. The summed E-state index contributed by atoms with van der Waals surface area (Å²) in [5.41, 5.74) is 1.26. The molecule has 0 radical (unpaired) electrons. The third kappa shape index (κ3) is 2.10. The highest BCUT2D eigenvalue weighted by atomic mass is 16.5. The van der Waals surface area contributed by atoms with Crippen LogP contribution in [0.5, 0.6) is 0 Å². The number of nitrogens with zero attached hydrogens (tertiary/aromatic N) is 1. The number of carbonyl (C=O) groups excluding carboxylic acids is 1. The van der Waals surface area contributed by atoms with E-state index >= 15 is 0 Å². The van der Waals surface area contributed by atoms with Gasteiger partial charge in [0.15, 0.2) is 0 Å². The van der Waals surface area contributed by atoms with Crippen molar-refractivity contribution in [2.45, 2.75) is 13.8 Å². The lowest BCUT2D eigenvalue weighted by Gasteiger charge is -2.01. The molecule has 18 heavy (non-hydrogen) atoms. The molecular formula is C11H11N3O4.